The number of nitrogens with zero attached hydrogens (tertiary/aromatic N) is 2. The lowest BCUT2D eigenvalue weighted by molar-refractivity contribution is 0.112. The van der Waals surface area contributed by atoms with Crippen LogP contribution in [-0.4, -0.2) is 56.6 Å². The van der Waals surface area contributed by atoms with Crippen LogP contribution in [0, 0.1) is 0 Å². The molecule has 1 N–H and O–H groups in total. The molecule has 1 aliphatic rings. The lowest BCUT2D eigenvalue weighted by Gasteiger charge is -2.34. The number of hydrogen-bond donors (Lipinski definition) is 1. The second-order valence-electron chi connectivity index (χ2n) is 5.67. The maximum Gasteiger partial charge on any atom is 0.211 e. The van der Waals surface area contributed by atoms with Crippen molar-refractivity contribution in [2.24, 2.45) is 0 Å². The van der Waals surface area contributed by atoms with Crippen LogP contribution in [0.25, 0.3) is 10.8 Å². The number of rotatable bonds is 3. The highest BCUT2D eigenvalue weighted by Gasteiger charge is 2.23. The molecule has 6 nitrogen and oxygen atoms in total. The SMILES string of the molecule is CS(=O)(=O)N1CCN(c2ccc3c(C=O)c(O)ccc3c2)CC1. The second-order valence-corrected chi connectivity index (χ2v) is 7.65. The predicted octanol–water partition coefficient (Wildman–Crippen LogP) is 1.44. The van der Waals surface area contributed by atoms with Gasteiger partial charge in [0.25, 0.3) is 0 Å². The number of fused-ring (bicyclic) bond motifs is 1. The van der Waals surface area contributed by atoms with Gasteiger partial charge in [0.1, 0.15) is 5.75 Å². The molecule has 0 unspecified atom stereocenters. The number of carbonyl (C=O) groups excluding carboxylic acids is 1. The third kappa shape index (κ3) is 3.02. The van der Waals surface area contributed by atoms with Crippen LogP contribution in [0.1, 0.15) is 10.4 Å². The van der Waals surface area contributed by atoms with Crippen LogP contribution in [0.2, 0.25) is 0 Å². The highest BCUT2D eigenvalue weighted by atomic mass is 32.2. The summed E-state index contributed by atoms with van der Waals surface area (Å²) in [6.45, 7) is 2.17. The molecule has 0 aliphatic carbocycles. The molecule has 2 aromatic carbocycles. The van der Waals surface area contributed by atoms with E-state index < -0.39 is 10.0 Å². The number of carbonyl (C=O) groups is 1. The molecule has 122 valence electrons. The van der Waals surface area contributed by atoms with Crippen molar-refractivity contribution in [1.82, 2.24) is 4.31 Å². The number of sulfonamides is 1. The topological polar surface area (TPSA) is 77.9 Å². The van der Waals surface area contributed by atoms with Crippen LogP contribution in [0.4, 0.5) is 5.69 Å². The Bertz CT molecular complexity index is 856. The van der Waals surface area contributed by atoms with Crippen LogP contribution >= 0.6 is 0 Å². The van der Waals surface area contributed by atoms with Gasteiger partial charge in [-0.25, -0.2) is 8.42 Å². The number of benzene rings is 2. The molecule has 0 aromatic heterocycles. The molecular weight excluding hydrogens is 316 g/mol. The van der Waals surface area contributed by atoms with E-state index in [1.54, 1.807) is 6.07 Å². The summed E-state index contributed by atoms with van der Waals surface area (Å²) in [6.07, 6.45) is 1.88. The summed E-state index contributed by atoms with van der Waals surface area (Å²) in [6, 6.07) is 8.95. The molecule has 1 aliphatic heterocycles. The first-order valence-electron chi connectivity index (χ1n) is 7.31. The number of phenols is 1. The van der Waals surface area contributed by atoms with Crippen LogP contribution in [0.5, 0.6) is 5.75 Å². The first-order chi connectivity index (χ1) is 10.9. The fourth-order valence-corrected chi connectivity index (χ4v) is 3.75. The Labute approximate surface area is 135 Å². The van der Waals surface area contributed by atoms with Crippen molar-refractivity contribution >= 4 is 32.8 Å². The van der Waals surface area contributed by atoms with E-state index >= 15 is 0 Å². The van der Waals surface area contributed by atoms with Gasteiger partial charge in [-0.05, 0) is 29.0 Å². The summed E-state index contributed by atoms with van der Waals surface area (Å²) >= 11 is 0. The Balaban J connectivity index is 1.88. The number of aromatic hydroxyl groups is 1. The van der Waals surface area contributed by atoms with E-state index in [9.17, 15) is 18.3 Å². The molecule has 0 saturated carbocycles. The quantitative estimate of drug-likeness (QED) is 0.860. The minimum atomic E-state index is -3.14. The Morgan fingerprint density at radius 2 is 1.78 bits per heavy atom. The Morgan fingerprint density at radius 3 is 2.39 bits per heavy atom. The molecule has 0 amide bonds. The van der Waals surface area contributed by atoms with E-state index in [4.69, 9.17) is 0 Å². The third-order valence-corrected chi connectivity index (χ3v) is 5.52. The monoisotopic (exact) mass is 334 g/mol. The fraction of sp³-hybridized carbons (Fsp3) is 0.312. The standard InChI is InChI=1S/C16H18N2O4S/c1-23(21,22)18-8-6-17(7-9-18)13-3-4-14-12(10-13)2-5-16(20)15(14)11-19/h2-5,10-11,20H,6-9H2,1H3. The van der Waals surface area contributed by atoms with Crippen LogP contribution < -0.4 is 4.90 Å². The molecule has 23 heavy (non-hydrogen) atoms. The maximum absolute atomic E-state index is 11.6. The largest absolute Gasteiger partial charge is 0.507 e. The average Bonchev–Trinajstić information content (AvgIpc) is 2.54. The molecule has 0 spiro atoms. The summed E-state index contributed by atoms with van der Waals surface area (Å²) in [5.41, 5.74) is 1.27. The van der Waals surface area contributed by atoms with Crippen LogP contribution in [0.15, 0.2) is 30.3 Å². The van der Waals surface area contributed by atoms with Crippen molar-refractivity contribution in [2.75, 3.05) is 37.3 Å². The summed E-state index contributed by atoms with van der Waals surface area (Å²) in [5.74, 6) is -0.0259. The number of phenolic OH excluding ortho intramolecular Hbond substituents is 1. The number of anilines is 1. The van der Waals surface area contributed by atoms with E-state index in [-0.39, 0.29) is 11.3 Å². The summed E-state index contributed by atoms with van der Waals surface area (Å²) in [7, 11) is -3.14. The van der Waals surface area contributed by atoms with Crippen molar-refractivity contribution in [3.05, 3.63) is 35.9 Å². The van der Waals surface area contributed by atoms with Gasteiger partial charge in [0, 0.05) is 31.9 Å². The van der Waals surface area contributed by atoms with E-state index in [0.29, 0.717) is 37.9 Å². The highest BCUT2D eigenvalue weighted by molar-refractivity contribution is 7.88. The minimum Gasteiger partial charge on any atom is -0.507 e. The van der Waals surface area contributed by atoms with Gasteiger partial charge in [-0.2, -0.15) is 4.31 Å². The van der Waals surface area contributed by atoms with Crippen molar-refractivity contribution in [3.63, 3.8) is 0 Å². The molecular formula is C16H18N2O4S. The van der Waals surface area contributed by atoms with Crippen LogP contribution in [-0.2, 0) is 10.0 Å². The molecule has 0 atom stereocenters. The summed E-state index contributed by atoms with van der Waals surface area (Å²) < 4.78 is 24.6. The van der Waals surface area contributed by atoms with Gasteiger partial charge in [0.15, 0.2) is 6.29 Å². The second kappa shape index (κ2) is 5.82. The number of hydrogen-bond acceptors (Lipinski definition) is 5. The molecule has 3 rings (SSSR count). The zero-order valence-corrected chi connectivity index (χ0v) is 13.6. The summed E-state index contributed by atoms with van der Waals surface area (Å²) in [5, 5.41) is 11.3. The van der Waals surface area contributed by atoms with Crippen molar-refractivity contribution in [3.8, 4) is 5.75 Å². The van der Waals surface area contributed by atoms with Gasteiger partial charge < -0.3 is 10.0 Å². The predicted molar refractivity (Wildman–Crippen MR) is 89.6 cm³/mol. The lowest BCUT2D eigenvalue weighted by atomic mass is 10.0. The van der Waals surface area contributed by atoms with E-state index in [1.807, 2.05) is 18.2 Å². The average molecular weight is 334 g/mol. The Kier molecular flexibility index (Phi) is 3.99. The molecule has 1 heterocycles. The molecule has 2 aromatic rings. The molecule has 7 heteroatoms. The normalized spacial score (nSPS) is 16.7. The third-order valence-electron chi connectivity index (χ3n) is 4.21. The van der Waals surface area contributed by atoms with Gasteiger partial charge in [0.2, 0.25) is 10.0 Å². The van der Waals surface area contributed by atoms with Crippen LogP contribution in [0.3, 0.4) is 0 Å². The van der Waals surface area contributed by atoms with Crippen molar-refractivity contribution < 1.29 is 18.3 Å². The van der Waals surface area contributed by atoms with Crippen molar-refractivity contribution in [2.45, 2.75) is 0 Å². The Hall–Kier alpha value is -2.12. The maximum atomic E-state index is 11.6. The van der Waals surface area contributed by atoms with E-state index in [1.165, 1.54) is 16.6 Å². The molecule has 1 saturated heterocycles. The van der Waals surface area contributed by atoms with Gasteiger partial charge in [-0.15, -0.1) is 0 Å². The molecule has 0 bridgehead atoms. The smallest absolute Gasteiger partial charge is 0.211 e. The lowest BCUT2D eigenvalue weighted by Crippen LogP contribution is -2.48. The van der Waals surface area contributed by atoms with Gasteiger partial charge in [-0.3, -0.25) is 4.79 Å². The Morgan fingerprint density at radius 1 is 1.09 bits per heavy atom. The minimum absolute atomic E-state index is 0.0259. The highest BCUT2D eigenvalue weighted by Crippen LogP contribution is 2.29. The van der Waals surface area contributed by atoms with E-state index in [0.717, 1.165) is 11.1 Å². The first kappa shape index (κ1) is 15.8. The molecule has 1 fully saturated rings. The zero-order valence-electron chi connectivity index (χ0n) is 12.8. The van der Waals surface area contributed by atoms with Gasteiger partial charge >= 0.3 is 0 Å². The fourth-order valence-electron chi connectivity index (χ4n) is 2.93. The van der Waals surface area contributed by atoms with E-state index in [2.05, 4.69) is 4.90 Å². The van der Waals surface area contributed by atoms with Gasteiger partial charge in [0.05, 0.1) is 11.8 Å². The number of aldehydes is 1. The number of piperazine rings is 1. The zero-order chi connectivity index (χ0) is 16.6. The van der Waals surface area contributed by atoms with Crippen molar-refractivity contribution in [1.29, 1.82) is 0 Å². The first-order valence-corrected chi connectivity index (χ1v) is 9.16. The van der Waals surface area contributed by atoms with Gasteiger partial charge in [-0.1, -0.05) is 12.1 Å². The molecule has 0 radical (unpaired) electrons. The summed E-state index contributed by atoms with van der Waals surface area (Å²) in [4.78, 5) is 13.2.